The van der Waals surface area contributed by atoms with Crippen LogP contribution in [0.1, 0.15) is 30.8 Å². The number of benzene rings is 1. The van der Waals surface area contributed by atoms with Gasteiger partial charge >= 0.3 is 0 Å². The van der Waals surface area contributed by atoms with Crippen molar-refractivity contribution in [2.24, 2.45) is 4.99 Å². The number of rotatable bonds is 5. The lowest BCUT2D eigenvalue weighted by Crippen LogP contribution is -2.53. The molecule has 1 aliphatic rings. The summed E-state index contributed by atoms with van der Waals surface area (Å²) in [7, 11) is 0. The van der Waals surface area contributed by atoms with Gasteiger partial charge in [-0.1, -0.05) is 24.3 Å². The molecule has 0 unspecified atom stereocenters. The molecule has 2 heterocycles. The van der Waals surface area contributed by atoms with Gasteiger partial charge in [-0.05, 0) is 25.0 Å². The molecule has 0 radical (unpaired) electrons. The second-order valence-corrected chi connectivity index (χ2v) is 7.09. The molecule has 7 nitrogen and oxygen atoms in total. The molecule has 3 rings (SSSR count). The number of amides is 1. The highest BCUT2D eigenvalue weighted by Crippen LogP contribution is 2.11. The van der Waals surface area contributed by atoms with Gasteiger partial charge in [0.05, 0.1) is 6.54 Å². The van der Waals surface area contributed by atoms with Crippen molar-refractivity contribution in [2.45, 2.75) is 33.9 Å². The van der Waals surface area contributed by atoms with E-state index in [9.17, 15) is 4.79 Å². The van der Waals surface area contributed by atoms with E-state index in [1.807, 2.05) is 24.2 Å². The van der Waals surface area contributed by atoms with Gasteiger partial charge in [-0.3, -0.25) is 4.79 Å². The third kappa shape index (κ3) is 5.12. The fraction of sp³-hybridized carbons (Fsp3) is 0.476. The second-order valence-electron chi connectivity index (χ2n) is 7.09. The first-order valence-corrected chi connectivity index (χ1v) is 9.91. The predicted molar refractivity (Wildman–Crippen MR) is 111 cm³/mol. The zero-order chi connectivity index (χ0) is 19.9. The average Bonchev–Trinajstić information content (AvgIpc) is 3.10. The van der Waals surface area contributed by atoms with E-state index in [-0.39, 0.29) is 5.91 Å². The van der Waals surface area contributed by atoms with Crippen LogP contribution in [0.4, 0.5) is 0 Å². The molecular formula is C21H30N6O. The van der Waals surface area contributed by atoms with E-state index in [4.69, 9.17) is 4.99 Å². The fourth-order valence-electron chi connectivity index (χ4n) is 3.42. The zero-order valence-electron chi connectivity index (χ0n) is 17.1. The van der Waals surface area contributed by atoms with Crippen molar-refractivity contribution in [3.63, 3.8) is 0 Å². The number of hydrogen-bond donors (Lipinski definition) is 1. The maximum Gasteiger partial charge on any atom is 0.219 e. The topological polar surface area (TPSA) is 65.8 Å². The van der Waals surface area contributed by atoms with Crippen molar-refractivity contribution in [3.05, 3.63) is 53.6 Å². The molecule has 0 atom stereocenters. The number of carbonyl (C=O) groups is 1. The minimum absolute atomic E-state index is 0.145. The van der Waals surface area contributed by atoms with E-state index >= 15 is 0 Å². The number of guanidine groups is 1. The van der Waals surface area contributed by atoms with Crippen LogP contribution >= 0.6 is 0 Å². The minimum Gasteiger partial charge on any atom is -0.357 e. The van der Waals surface area contributed by atoms with Gasteiger partial charge in [-0.15, -0.1) is 0 Å². The summed E-state index contributed by atoms with van der Waals surface area (Å²) < 4.78 is 2.14. The Morgan fingerprint density at radius 2 is 1.89 bits per heavy atom. The van der Waals surface area contributed by atoms with Crippen molar-refractivity contribution >= 4 is 11.9 Å². The summed E-state index contributed by atoms with van der Waals surface area (Å²) in [5.74, 6) is 2.08. The van der Waals surface area contributed by atoms with Crippen LogP contribution in [-0.2, 0) is 17.9 Å². The van der Waals surface area contributed by atoms with E-state index < -0.39 is 0 Å². The molecule has 150 valence electrons. The molecule has 7 heteroatoms. The molecule has 1 saturated heterocycles. The van der Waals surface area contributed by atoms with Crippen molar-refractivity contribution < 1.29 is 4.79 Å². The molecule has 1 amide bonds. The van der Waals surface area contributed by atoms with Crippen molar-refractivity contribution in [3.8, 4) is 0 Å². The average molecular weight is 383 g/mol. The summed E-state index contributed by atoms with van der Waals surface area (Å²) in [5, 5.41) is 3.39. The Bertz CT molecular complexity index is 820. The van der Waals surface area contributed by atoms with Gasteiger partial charge in [-0.2, -0.15) is 0 Å². The Balaban J connectivity index is 1.65. The van der Waals surface area contributed by atoms with E-state index in [0.29, 0.717) is 6.54 Å². The third-order valence-electron chi connectivity index (χ3n) is 5.04. The number of piperazine rings is 1. The first-order valence-electron chi connectivity index (χ1n) is 9.91. The standard InChI is InChI=1S/C21H30N6O/c1-4-22-21(26-12-10-25(11-13-26)18(3)28)24-15-19-6-5-7-20(14-19)16-27-9-8-23-17(27)2/h5-9,14H,4,10-13,15-16H2,1-3H3,(H,22,24). The Hall–Kier alpha value is -2.83. The highest BCUT2D eigenvalue weighted by Gasteiger charge is 2.20. The third-order valence-corrected chi connectivity index (χ3v) is 5.04. The van der Waals surface area contributed by atoms with E-state index in [1.54, 1.807) is 6.92 Å². The van der Waals surface area contributed by atoms with E-state index in [1.165, 1.54) is 11.1 Å². The highest BCUT2D eigenvalue weighted by molar-refractivity contribution is 5.80. The van der Waals surface area contributed by atoms with Crippen LogP contribution in [0.25, 0.3) is 0 Å². The van der Waals surface area contributed by atoms with Gasteiger partial charge in [-0.25, -0.2) is 9.98 Å². The van der Waals surface area contributed by atoms with Crippen LogP contribution < -0.4 is 5.32 Å². The summed E-state index contributed by atoms with van der Waals surface area (Å²) in [6, 6.07) is 8.55. The minimum atomic E-state index is 0.145. The number of hydrogen-bond acceptors (Lipinski definition) is 3. The number of aliphatic imine (C=N–C) groups is 1. The van der Waals surface area contributed by atoms with Gasteiger partial charge in [0.1, 0.15) is 5.82 Å². The predicted octanol–water partition coefficient (Wildman–Crippen LogP) is 1.87. The monoisotopic (exact) mass is 382 g/mol. The van der Waals surface area contributed by atoms with Crippen LogP contribution in [0.5, 0.6) is 0 Å². The molecule has 0 aliphatic carbocycles. The van der Waals surface area contributed by atoms with Crippen LogP contribution in [0.3, 0.4) is 0 Å². The number of imidazole rings is 1. The Morgan fingerprint density at radius 1 is 1.18 bits per heavy atom. The first kappa shape index (κ1) is 19.9. The molecule has 1 aromatic carbocycles. The fourth-order valence-corrected chi connectivity index (χ4v) is 3.42. The van der Waals surface area contributed by atoms with Crippen molar-refractivity contribution in [1.29, 1.82) is 0 Å². The lowest BCUT2D eigenvalue weighted by Gasteiger charge is -2.36. The Morgan fingerprint density at radius 3 is 2.54 bits per heavy atom. The summed E-state index contributed by atoms with van der Waals surface area (Å²) in [6.07, 6.45) is 3.84. The normalized spacial score (nSPS) is 15.0. The van der Waals surface area contributed by atoms with Crippen molar-refractivity contribution in [1.82, 2.24) is 24.7 Å². The van der Waals surface area contributed by atoms with Gasteiger partial charge in [0.25, 0.3) is 0 Å². The van der Waals surface area contributed by atoms with Crippen LogP contribution in [-0.4, -0.2) is 63.9 Å². The number of nitrogens with zero attached hydrogens (tertiary/aromatic N) is 5. The lowest BCUT2D eigenvalue weighted by molar-refractivity contribution is -0.130. The molecule has 1 N–H and O–H groups in total. The SMILES string of the molecule is CCNC(=NCc1cccc(Cn2ccnc2C)c1)N1CCN(C(C)=O)CC1. The van der Waals surface area contributed by atoms with E-state index in [2.05, 4.69) is 51.0 Å². The van der Waals surface area contributed by atoms with Gasteiger partial charge in [0.15, 0.2) is 5.96 Å². The zero-order valence-corrected chi connectivity index (χ0v) is 17.1. The largest absolute Gasteiger partial charge is 0.357 e. The summed E-state index contributed by atoms with van der Waals surface area (Å²) >= 11 is 0. The molecule has 2 aromatic rings. The lowest BCUT2D eigenvalue weighted by atomic mass is 10.1. The smallest absolute Gasteiger partial charge is 0.219 e. The van der Waals surface area contributed by atoms with Crippen LogP contribution in [0, 0.1) is 6.92 Å². The number of aryl methyl sites for hydroxylation is 1. The Kier molecular flexibility index (Phi) is 6.68. The molecule has 0 saturated carbocycles. The van der Waals surface area contributed by atoms with Gasteiger partial charge in [0, 0.05) is 58.6 Å². The molecule has 1 aromatic heterocycles. The number of aromatic nitrogens is 2. The summed E-state index contributed by atoms with van der Waals surface area (Å²) in [6.45, 7) is 11.1. The molecule has 0 spiro atoms. The van der Waals surface area contributed by atoms with E-state index in [0.717, 1.165) is 51.1 Å². The molecule has 1 fully saturated rings. The highest BCUT2D eigenvalue weighted by atomic mass is 16.2. The second kappa shape index (κ2) is 9.39. The number of carbonyl (C=O) groups excluding carboxylic acids is 1. The van der Waals surface area contributed by atoms with Gasteiger partial charge in [0.2, 0.25) is 5.91 Å². The Labute approximate surface area is 167 Å². The van der Waals surface area contributed by atoms with Crippen molar-refractivity contribution in [2.75, 3.05) is 32.7 Å². The molecule has 0 bridgehead atoms. The molecule has 28 heavy (non-hydrogen) atoms. The summed E-state index contributed by atoms with van der Waals surface area (Å²) in [5.41, 5.74) is 2.43. The number of nitrogens with one attached hydrogen (secondary N) is 1. The first-order chi connectivity index (χ1) is 13.6. The van der Waals surface area contributed by atoms with Crippen LogP contribution in [0.2, 0.25) is 0 Å². The maximum atomic E-state index is 11.5. The molecular weight excluding hydrogens is 352 g/mol. The maximum absolute atomic E-state index is 11.5. The van der Waals surface area contributed by atoms with Crippen LogP contribution in [0.15, 0.2) is 41.7 Å². The molecule has 1 aliphatic heterocycles. The quantitative estimate of drug-likeness (QED) is 0.633. The summed E-state index contributed by atoms with van der Waals surface area (Å²) in [4.78, 5) is 24.8. The van der Waals surface area contributed by atoms with Gasteiger partial charge < -0.3 is 19.7 Å².